The van der Waals surface area contributed by atoms with Crippen LogP contribution < -0.4 is 10.6 Å². The van der Waals surface area contributed by atoms with E-state index >= 15 is 0 Å². The average molecular weight is 557 g/mol. The molecule has 0 aliphatic heterocycles. The highest BCUT2D eigenvalue weighted by molar-refractivity contribution is 7.85. The van der Waals surface area contributed by atoms with Crippen LogP contribution in [0.3, 0.4) is 0 Å². The fourth-order valence-electron chi connectivity index (χ4n) is 4.99. The Morgan fingerprint density at radius 2 is 1.64 bits per heavy atom. The van der Waals surface area contributed by atoms with Gasteiger partial charge in [0.1, 0.15) is 12.1 Å². The number of rotatable bonds is 15. The summed E-state index contributed by atoms with van der Waals surface area (Å²) in [6.45, 7) is 3.68. The van der Waals surface area contributed by atoms with Gasteiger partial charge in [0.25, 0.3) is 0 Å². The van der Waals surface area contributed by atoms with Crippen LogP contribution in [0.2, 0.25) is 0 Å². The smallest absolute Gasteiger partial charge is 0.243 e. The highest BCUT2D eigenvalue weighted by atomic mass is 32.2. The lowest BCUT2D eigenvalue weighted by Gasteiger charge is -2.33. The highest BCUT2D eigenvalue weighted by Gasteiger charge is 2.33. The lowest BCUT2D eigenvalue weighted by atomic mass is 9.82. The topological polar surface area (TPSA) is 116 Å². The molecule has 1 aliphatic rings. The second-order valence-corrected chi connectivity index (χ2v) is 12.8. The van der Waals surface area contributed by atoms with Gasteiger partial charge in [0.15, 0.2) is 0 Å². The van der Waals surface area contributed by atoms with Gasteiger partial charge in [-0.1, -0.05) is 76.3 Å². The Kier molecular flexibility index (Phi) is 14.3. The minimum Gasteiger partial charge on any atom is -0.389 e. The van der Waals surface area contributed by atoms with E-state index in [4.69, 9.17) is 12.8 Å². The standard InChI is InChI=1S/C31H44N2O5S/c1-5-13-26(32-30(36)25(21-39(38)22(3)4)19-23-15-9-7-10-16-23)31(37)33-27(29(35)28(34)14-6-2)20-24-17-11-8-12-18-24/h1-2,7,9-10,15-16,22,24-29,34-35H,8,11-14,17-21H2,3-4H3,(H,32,36)(H,33,37)/t25-,26+,27+,28+,29-,39?/m1/s1. The zero-order valence-electron chi connectivity index (χ0n) is 23.2. The second kappa shape index (κ2) is 17.1. The number of hydrogen-bond acceptors (Lipinski definition) is 5. The molecule has 4 N–H and O–H groups in total. The first-order valence-corrected chi connectivity index (χ1v) is 15.3. The fraction of sp³-hybridized carbons (Fsp3) is 0.613. The van der Waals surface area contributed by atoms with Gasteiger partial charge in [-0.15, -0.1) is 24.7 Å². The third kappa shape index (κ3) is 11.2. The zero-order chi connectivity index (χ0) is 28.8. The average Bonchev–Trinajstić information content (AvgIpc) is 2.92. The van der Waals surface area contributed by atoms with Crippen molar-refractivity contribution in [3.8, 4) is 24.7 Å². The van der Waals surface area contributed by atoms with Crippen LogP contribution in [0.4, 0.5) is 0 Å². The number of aliphatic hydroxyl groups excluding tert-OH is 2. The predicted octanol–water partition coefficient (Wildman–Crippen LogP) is 2.71. The van der Waals surface area contributed by atoms with Gasteiger partial charge < -0.3 is 20.8 Å². The van der Waals surface area contributed by atoms with Crippen LogP contribution >= 0.6 is 0 Å². The minimum absolute atomic E-state index is 0.0448. The quantitative estimate of drug-likeness (QED) is 0.248. The molecule has 1 fully saturated rings. The van der Waals surface area contributed by atoms with Gasteiger partial charge in [-0.2, -0.15) is 0 Å². The van der Waals surface area contributed by atoms with E-state index in [1.54, 1.807) is 0 Å². The molecule has 0 spiro atoms. The molecule has 1 aliphatic carbocycles. The van der Waals surface area contributed by atoms with Crippen molar-refractivity contribution in [1.29, 1.82) is 0 Å². The van der Waals surface area contributed by atoms with Crippen molar-refractivity contribution in [3.63, 3.8) is 0 Å². The number of terminal acetylenes is 2. The van der Waals surface area contributed by atoms with E-state index in [0.717, 1.165) is 37.7 Å². The Hall–Kier alpha value is -2.65. The van der Waals surface area contributed by atoms with Crippen molar-refractivity contribution in [2.75, 3.05) is 5.75 Å². The van der Waals surface area contributed by atoms with E-state index in [1.165, 1.54) is 0 Å². The number of nitrogens with one attached hydrogen (secondary N) is 2. The van der Waals surface area contributed by atoms with Crippen molar-refractivity contribution in [2.24, 2.45) is 11.8 Å². The summed E-state index contributed by atoms with van der Waals surface area (Å²) < 4.78 is 12.7. The zero-order valence-corrected chi connectivity index (χ0v) is 24.0. The molecule has 214 valence electrons. The first kappa shape index (κ1) is 32.6. The first-order valence-electron chi connectivity index (χ1n) is 13.9. The summed E-state index contributed by atoms with van der Waals surface area (Å²) in [5.74, 6) is 3.72. The summed E-state index contributed by atoms with van der Waals surface area (Å²) in [6, 6.07) is 7.67. The molecule has 1 aromatic carbocycles. The first-order chi connectivity index (χ1) is 18.7. The number of aliphatic hydroxyl groups is 2. The van der Waals surface area contributed by atoms with E-state index < -0.39 is 52.8 Å². The van der Waals surface area contributed by atoms with Crippen LogP contribution in [0.15, 0.2) is 30.3 Å². The van der Waals surface area contributed by atoms with Crippen molar-refractivity contribution >= 4 is 22.6 Å². The van der Waals surface area contributed by atoms with Crippen LogP contribution in [0.25, 0.3) is 0 Å². The minimum atomic E-state index is -1.26. The molecule has 0 saturated heterocycles. The molecule has 8 heteroatoms. The second-order valence-electron chi connectivity index (χ2n) is 10.8. The summed E-state index contributed by atoms with van der Waals surface area (Å²) >= 11 is 0. The Labute approximate surface area is 236 Å². The number of amides is 2. The Balaban J connectivity index is 2.19. The maximum atomic E-state index is 13.4. The molecule has 1 saturated carbocycles. The van der Waals surface area contributed by atoms with Crippen molar-refractivity contribution in [3.05, 3.63) is 35.9 Å². The maximum Gasteiger partial charge on any atom is 0.243 e. The predicted molar refractivity (Wildman–Crippen MR) is 156 cm³/mol. The van der Waals surface area contributed by atoms with Gasteiger partial charge >= 0.3 is 0 Å². The van der Waals surface area contributed by atoms with Crippen LogP contribution in [0.5, 0.6) is 0 Å². The van der Waals surface area contributed by atoms with E-state index in [0.29, 0.717) is 18.8 Å². The lowest BCUT2D eigenvalue weighted by Crippen LogP contribution is -2.56. The van der Waals surface area contributed by atoms with Crippen molar-refractivity contribution in [1.82, 2.24) is 10.6 Å². The molecule has 39 heavy (non-hydrogen) atoms. The van der Waals surface area contributed by atoms with Crippen molar-refractivity contribution < 1.29 is 24.0 Å². The summed E-state index contributed by atoms with van der Waals surface area (Å²) in [5, 5.41) is 26.8. The van der Waals surface area contributed by atoms with E-state index in [-0.39, 0.29) is 23.8 Å². The summed E-state index contributed by atoms with van der Waals surface area (Å²) in [7, 11) is -1.23. The number of benzene rings is 1. The summed E-state index contributed by atoms with van der Waals surface area (Å²) in [5.41, 5.74) is 0.925. The molecule has 2 amide bonds. The molecule has 6 atom stereocenters. The van der Waals surface area contributed by atoms with Gasteiger partial charge in [0.2, 0.25) is 11.8 Å². The Morgan fingerprint density at radius 3 is 2.23 bits per heavy atom. The maximum absolute atomic E-state index is 13.4. The van der Waals surface area contributed by atoms with E-state index in [1.807, 2.05) is 44.2 Å². The molecule has 1 aromatic rings. The summed E-state index contributed by atoms with van der Waals surface area (Å²) in [6.07, 6.45) is 14.5. The van der Waals surface area contributed by atoms with Crippen LogP contribution in [-0.2, 0) is 26.8 Å². The third-order valence-electron chi connectivity index (χ3n) is 7.32. The molecule has 0 heterocycles. The number of carbonyl (C=O) groups excluding carboxylic acids is 2. The van der Waals surface area contributed by atoms with Crippen LogP contribution in [-0.4, -0.2) is 61.5 Å². The highest BCUT2D eigenvalue weighted by Crippen LogP contribution is 2.28. The largest absolute Gasteiger partial charge is 0.389 e. The molecule has 2 rings (SSSR count). The molecular weight excluding hydrogens is 512 g/mol. The van der Waals surface area contributed by atoms with Gasteiger partial charge in [-0.05, 0) is 24.3 Å². The summed E-state index contributed by atoms with van der Waals surface area (Å²) in [4.78, 5) is 26.8. The molecule has 0 radical (unpaired) electrons. The van der Waals surface area contributed by atoms with E-state index in [2.05, 4.69) is 22.5 Å². The fourth-order valence-corrected chi connectivity index (χ4v) is 6.04. The molecule has 7 nitrogen and oxygen atoms in total. The molecule has 1 unspecified atom stereocenters. The molecular formula is C31H44N2O5S. The monoisotopic (exact) mass is 556 g/mol. The SMILES string of the molecule is C#CC[C@H](NC(=O)[C@H](Cc1ccccc1)CS(=O)C(C)C)C(=O)N[C@@H](CC1CCCCC1)[C@@H](O)[C@@H](O)CC#C. The van der Waals surface area contributed by atoms with Crippen molar-refractivity contribution in [2.45, 2.75) is 101 Å². The third-order valence-corrected chi connectivity index (χ3v) is 9.10. The van der Waals surface area contributed by atoms with Gasteiger partial charge in [-0.3, -0.25) is 13.8 Å². The van der Waals surface area contributed by atoms with E-state index in [9.17, 15) is 24.0 Å². The van der Waals surface area contributed by atoms with Crippen LogP contribution in [0.1, 0.15) is 70.8 Å². The number of hydrogen-bond donors (Lipinski definition) is 4. The van der Waals surface area contributed by atoms with Gasteiger partial charge in [0, 0.05) is 34.6 Å². The molecule has 0 bridgehead atoms. The molecule has 0 aromatic heterocycles. The van der Waals surface area contributed by atoms with Crippen LogP contribution in [0, 0.1) is 36.5 Å². The lowest BCUT2D eigenvalue weighted by molar-refractivity contribution is -0.132. The Morgan fingerprint density at radius 1 is 1.00 bits per heavy atom. The van der Waals surface area contributed by atoms with Gasteiger partial charge in [-0.25, -0.2) is 0 Å². The Bertz CT molecular complexity index is 1010. The normalized spacial score (nSPS) is 18.5. The van der Waals surface area contributed by atoms with Gasteiger partial charge in [0.05, 0.1) is 18.1 Å². The number of carbonyl (C=O) groups is 2.